The van der Waals surface area contributed by atoms with Gasteiger partial charge in [0.25, 0.3) is 11.8 Å². The second-order valence-corrected chi connectivity index (χ2v) is 7.97. The number of carbonyl (C=O) groups is 2. The summed E-state index contributed by atoms with van der Waals surface area (Å²) in [7, 11) is 0. The Morgan fingerprint density at radius 2 is 1.93 bits per heavy atom. The average Bonchev–Trinajstić information content (AvgIpc) is 3.26. The highest BCUT2D eigenvalue weighted by Crippen LogP contribution is 2.42. The van der Waals surface area contributed by atoms with Crippen molar-refractivity contribution in [2.75, 3.05) is 31.5 Å². The van der Waals surface area contributed by atoms with E-state index < -0.39 is 0 Å². The zero-order valence-corrected chi connectivity index (χ0v) is 18.0. The summed E-state index contributed by atoms with van der Waals surface area (Å²) in [5, 5.41) is 6.06. The largest absolute Gasteiger partial charge is 0.358 e. The van der Waals surface area contributed by atoms with Crippen LogP contribution in [0.4, 0.5) is 5.69 Å². The summed E-state index contributed by atoms with van der Waals surface area (Å²) in [5.41, 5.74) is 7.16. The van der Waals surface area contributed by atoms with E-state index in [2.05, 4.69) is 34.4 Å². The number of amides is 2. The zero-order chi connectivity index (χ0) is 21.3. The number of H-pyrrole nitrogens is 1. The fourth-order valence-electron chi connectivity index (χ4n) is 4.68. The van der Waals surface area contributed by atoms with Crippen molar-refractivity contribution in [2.45, 2.75) is 40.0 Å². The summed E-state index contributed by atoms with van der Waals surface area (Å²) < 4.78 is 0. The Labute approximate surface area is 177 Å². The van der Waals surface area contributed by atoms with Gasteiger partial charge in [-0.05, 0) is 56.5 Å². The van der Waals surface area contributed by atoms with E-state index in [0.29, 0.717) is 6.54 Å². The summed E-state index contributed by atoms with van der Waals surface area (Å²) in [6, 6.07) is 7.80. The number of nitrogens with one attached hydrogen (secondary N) is 3. The molecule has 0 saturated carbocycles. The third-order valence-electron chi connectivity index (χ3n) is 6.25. The van der Waals surface area contributed by atoms with Crippen molar-refractivity contribution in [3.63, 3.8) is 0 Å². The Hall–Kier alpha value is -2.86. The summed E-state index contributed by atoms with van der Waals surface area (Å²) >= 11 is 0. The van der Waals surface area contributed by atoms with Crippen molar-refractivity contribution in [1.29, 1.82) is 0 Å². The molecule has 1 aromatic heterocycles. The molecule has 0 unspecified atom stereocenters. The SMILES string of the molecule is CCN(CC)CCNC(=O)c1c(C)[nH]c2c1CCC/C2=C1/C(=O)Nc2ccccc21. The number of fused-ring (bicyclic) bond motifs is 2. The molecule has 1 aliphatic heterocycles. The minimum absolute atomic E-state index is 0.0281. The molecule has 0 bridgehead atoms. The average molecular weight is 407 g/mol. The standard InChI is InChI=1S/C24H30N4O2/c1-4-28(5-2)14-13-25-23(29)20-15(3)26-22-17(20)10-8-11-18(22)21-16-9-6-7-12-19(16)27-24(21)30/h6-7,9,12,26H,4-5,8,10-11,13-14H2,1-3H3,(H,25,29)(H,27,30)/b21-18-. The number of aryl methyl sites for hydroxylation is 1. The van der Waals surface area contributed by atoms with Crippen LogP contribution in [0.2, 0.25) is 0 Å². The molecule has 0 fully saturated rings. The summed E-state index contributed by atoms with van der Waals surface area (Å²) in [4.78, 5) is 31.5. The number of para-hydroxylation sites is 1. The van der Waals surface area contributed by atoms with Crippen LogP contribution in [0.1, 0.15) is 59.6 Å². The van der Waals surface area contributed by atoms with Gasteiger partial charge < -0.3 is 20.5 Å². The highest BCUT2D eigenvalue weighted by atomic mass is 16.2. The van der Waals surface area contributed by atoms with Crippen molar-refractivity contribution >= 4 is 28.6 Å². The molecule has 6 nitrogen and oxygen atoms in total. The molecule has 2 heterocycles. The maximum absolute atomic E-state index is 13.0. The number of allylic oxidation sites excluding steroid dienone is 1. The van der Waals surface area contributed by atoms with E-state index in [1.807, 2.05) is 31.2 Å². The molecule has 0 spiro atoms. The number of aromatic amines is 1. The van der Waals surface area contributed by atoms with Crippen LogP contribution in [0.15, 0.2) is 24.3 Å². The molecule has 0 atom stereocenters. The predicted molar refractivity (Wildman–Crippen MR) is 120 cm³/mol. The number of hydrogen-bond acceptors (Lipinski definition) is 3. The van der Waals surface area contributed by atoms with Crippen molar-refractivity contribution in [3.8, 4) is 0 Å². The Kier molecular flexibility index (Phi) is 5.77. The Morgan fingerprint density at radius 1 is 1.17 bits per heavy atom. The van der Waals surface area contributed by atoms with Gasteiger partial charge in [-0.3, -0.25) is 9.59 Å². The fraction of sp³-hybridized carbons (Fsp3) is 0.417. The summed E-state index contributed by atoms with van der Waals surface area (Å²) in [6.07, 6.45) is 2.60. The smallest absolute Gasteiger partial charge is 0.256 e. The van der Waals surface area contributed by atoms with Crippen LogP contribution in [-0.2, 0) is 11.2 Å². The van der Waals surface area contributed by atoms with Crippen LogP contribution in [0, 0.1) is 6.92 Å². The van der Waals surface area contributed by atoms with E-state index in [1.165, 1.54) is 0 Å². The molecule has 4 rings (SSSR count). The monoisotopic (exact) mass is 406 g/mol. The topological polar surface area (TPSA) is 77.2 Å². The molecule has 1 aromatic carbocycles. The van der Waals surface area contributed by atoms with Gasteiger partial charge in [0.15, 0.2) is 0 Å². The molecule has 1 aliphatic carbocycles. The lowest BCUT2D eigenvalue weighted by Crippen LogP contribution is -2.35. The van der Waals surface area contributed by atoms with Crippen molar-refractivity contribution in [2.24, 2.45) is 0 Å². The molecule has 6 heteroatoms. The molecule has 2 amide bonds. The highest BCUT2D eigenvalue weighted by molar-refractivity contribution is 6.36. The van der Waals surface area contributed by atoms with E-state index in [1.54, 1.807) is 0 Å². The fourth-order valence-corrected chi connectivity index (χ4v) is 4.68. The lowest BCUT2D eigenvalue weighted by Gasteiger charge is -2.19. The molecule has 0 radical (unpaired) electrons. The van der Waals surface area contributed by atoms with Crippen LogP contribution in [0.25, 0.3) is 11.1 Å². The van der Waals surface area contributed by atoms with E-state index in [-0.39, 0.29) is 11.8 Å². The molecule has 0 saturated heterocycles. The van der Waals surface area contributed by atoms with E-state index in [4.69, 9.17) is 0 Å². The molecular formula is C24H30N4O2. The Bertz CT molecular complexity index is 1010. The lowest BCUT2D eigenvalue weighted by atomic mass is 9.86. The molecule has 2 aromatic rings. The van der Waals surface area contributed by atoms with Gasteiger partial charge in [-0.15, -0.1) is 0 Å². The van der Waals surface area contributed by atoms with Crippen LogP contribution in [-0.4, -0.2) is 47.9 Å². The van der Waals surface area contributed by atoms with Crippen LogP contribution < -0.4 is 10.6 Å². The number of benzene rings is 1. The van der Waals surface area contributed by atoms with Gasteiger partial charge in [0, 0.05) is 35.7 Å². The number of likely N-dealkylation sites (N-methyl/N-ethyl adjacent to an activating group) is 1. The summed E-state index contributed by atoms with van der Waals surface area (Å²) in [6.45, 7) is 9.63. The van der Waals surface area contributed by atoms with Gasteiger partial charge >= 0.3 is 0 Å². The third kappa shape index (κ3) is 3.56. The maximum atomic E-state index is 13.0. The second kappa shape index (κ2) is 8.48. The predicted octanol–water partition coefficient (Wildman–Crippen LogP) is 3.59. The van der Waals surface area contributed by atoms with E-state index in [0.717, 1.165) is 83.8 Å². The maximum Gasteiger partial charge on any atom is 0.256 e. The van der Waals surface area contributed by atoms with Crippen molar-refractivity contribution < 1.29 is 9.59 Å². The molecule has 158 valence electrons. The molecule has 3 N–H and O–H groups in total. The van der Waals surface area contributed by atoms with E-state index in [9.17, 15) is 9.59 Å². The van der Waals surface area contributed by atoms with Crippen LogP contribution in [0.5, 0.6) is 0 Å². The zero-order valence-electron chi connectivity index (χ0n) is 18.0. The Morgan fingerprint density at radius 3 is 2.70 bits per heavy atom. The Balaban J connectivity index is 1.66. The van der Waals surface area contributed by atoms with Gasteiger partial charge in [-0.1, -0.05) is 32.0 Å². The highest BCUT2D eigenvalue weighted by Gasteiger charge is 2.32. The minimum Gasteiger partial charge on any atom is -0.358 e. The van der Waals surface area contributed by atoms with Gasteiger partial charge in [0.05, 0.1) is 11.1 Å². The first-order valence-electron chi connectivity index (χ1n) is 10.9. The van der Waals surface area contributed by atoms with Crippen LogP contribution in [0.3, 0.4) is 0 Å². The lowest BCUT2D eigenvalue weighted by molar-refractivity contribution is -0.110. The summed E-state index contributed by atoms with van der Waals surface area (Å²) in [5.74, 6) is -0.0868. The van der Waals surface area contributed by atoms with E-state index >= 15 is 0 Å². The quantitative estimate of drug-likeness (QED) is 0.642. The number of aromatic nitrogens is 1. The van der Waals surface area contributed by atoms with Crippen molar-refractivity contribution in [3.05, 3.63) is 52.3 Å². The molecule has 2 aliphatic rings. The number of carbonyl (C=O) groups excluding carboxylic acids is 2. The first kappa shape index (κ1) is 20.4. The van der Waals surface area contributed by atoms with Gasteiger partial charge in [-0.25, -0.2) is 0 Å². The normalized spacial score (nSPS) is 17.7. The molecular weight excluding hydrogens is 376 g/mol. The first-order valence-corrected chi connectivity index (χ1v) is 10.9. The van der Waals surface area contributed by atoms with Crippen molar-refractivity contribution in [1.82, 2.24) is 15.2 Å². The van der Waals surface area contributed by atoms with Crippen LogP contribution >= 0.6 is 0 Å². The number of nitrogens with zero attached hydrogens (tertiary/aromatic N) is 1. The number of rotatable bonds is 6. The number of anilines is 1. The molecule has 30 heavy (non-hydrogen) atoms. The minimum atomic E-state index is -0.0588. The van der Waals surface area contributed by atoms with Gasteiger partial charge in [-0.2, -0.15) is 0 Å². The number of hydrogen-bond donors (Lipinski definition) is 3. The second-order valence-electron chi connectivity index (χ2n) is 7.97. The first-order chi connectivity index (χ1) is 14.5. The van der Waals surface area contributed by atoms with Gasteiger partial charge in [0.2, 0.25) is 0 Å². The third-order valence-corrected chi connectivity index (χ3v) is 6.25. The van der Waals surface area contributed by atoms with Gasteiger partial charge in [0.1, 0.15) is 0 Å².